The maximum Gasteiger partial charge on any atom is 0.333 e. The first-order chi connectivity index (χ1) is 17.0. The van der Waals surface area contributed by atoms with Gasteiger partial charge < -0.3 is 24.1 Å². The highest BCUT2D eigenvalue weighted by Crippen LogP contribution is 2.38. The van der Waals surface area contributed by atoms with Gasteiger partial charge in [-0.15, -0.1) is 0 Å². The largest absolute Gasteiger partial charge is 0.496 e. The lowest BCUT2D eigenvalue weighted by Gasteiger charge is -2.14. The van der Waals surface area contributed by atoms with E-state index in [2.05, 4.69) is 24.3 Å². The maximum atomic E-state index is 11.3. The zero-order valence-corrected chi connectivity index (χ0v) is 20.6. The molecule has 0 aliphatic rings. The summed E-state index contributed by atoms with van der Waals surface area (Å²) in [5, 5.41) is 9.24. The average Bonchev–Trinajstić information content (AvgIpc) is 2.88. The Kier molecular flexibility index (Phi) is 9.32. The van der Waals surface area contributed by atoms with Gasteiger partial charge in [0.2, 0.25) is 0 Å². The predicted octanol–water partition coefficient (Wildman–Crippen LogP) is 5.89. The van der Waals surface area contributed by atoms with Crippen molar-refractivity contribution in [3.05, 3.63) is 83.9 Å². The van der Waals surface area contributed by atoms with Crippen molar-refractivity contribution in [1.82, 2.24) is 0 Å². The number of hydrogen-bond acceptors (Lipinski definition) is 5. The third-order valence-corrected chi connectivity index (χ3v) is 5.68. The van der Waals surface area contributed by atoms with Crippen LogP contribution < -0.4 is 14.2 Å². The molecule has 0 aliphatic carbocycles. The van der Waals surface area contributed by atoms with E-state index in [9.17, 15) is 9.90 Å². The normalized spacial score (nSPS) is 12.2. The van der Waals surface area contributed by atoms with Gasteiger partial charge in [0.15, 0.2) is 6.10 Å². The van der Waals surface area contributed by atoms with Crippen molar-refractivity contribution in [2.45, 2.75) is 26.4 Å². The lowest BCUT2D eigenvalue weighted by molar-refractivity contribution is -0.149. The fourth-order valence-electron chi connectivity index (χ4n) is 3.77. The van der Waals surface area contributed by atoms with Crippen molar-refractivity contribution in [2.75, 3.05) is 27.4 Å². The second-order valence-corrected chi connectivity index (χ2v) is 7.94. The van der Waals surface area contributed by atoms with E-state index >= 15 is 0 Å². The molecule has 35 heavy (non-hydrogen) atoms. The van der Waals surface area contributed by atoms with Crippen LogP contribution in [0.15, 0.2) is 72.8 Å². The summed E-state index contributed by atoms with van der Waals surface area (Å²) < 4.78 is 22.2. The Labute approximate surface area is 206 Å². The second kappa shape index (κ2) is 12.6. The minimum absolute atomic E-state index is 0.319. The van der Waals surface area contributed by atoms with Crippen molar-refractivity contribution in [3.8, 4) is 28.4 Å². The first kappa shape index (κ1) is 25.8. The number of rotatable bonds is 12. The van der Waals surface area contributed by atoms with E-state index in [-0.39, 0.29) is 0 Å². The zero-order valence-electron chi connectivity index (χ0n) is 20.6. The molecule has 0 spiro atoms. The molecule has 0 saturated carbocycles. The Bertz CT molecular complexity index is 1110. The van der Waals surface area contributed by atoms with Crippen LogP contribution in [0, 0.1) is 0 Å². The molecule has 6 nitrogen and oxygen atoms in total. The summed E-state index contributed by atoms with van der Waals surface area (Å²) in [5.41, 5.74) is 5.02. The third kappa shape index (κ3) is 6.87. The van der Waals surface area contributed by atoms with Crippen LogP contribution in [-0.2, 0) is 16.0 Å². The number of carbonyl (C=O) groups is 1. The van der Waals surface area contributed by atoms with E-state index in [1.807, 2.05) is 55.5 Å². The topological polar surface area (TPSA) is 74.2 Å². The fraction of sp³-hybridized carbons (Fsp3) is 0.276. The van der Waals surface area contributed by atoms with Gasteiger partial charge >= 0.3 is 5.97 Å². The summed E-state index contributed by atoms with van der Waals surface area (Å²) in [4.78, 5) is 11.3. The van der Waals surface area contributed by atoms with Crippen LogP contribution in [0.2, 0.25) is 0 Å². The molecule has 0 bridgehead atoms. The highest BCUT2D eigenvalue weighted by atomic mass is 16.5. The molecule has 3 rings (SSSR count). The number of allylic oxidation sites excluding steroid dienone is 1. The van der Waals surface area contributed by atoms with Gasteiger partial charge in [0.25, 0.3) is 0 Å². The van der Waals surface area contributed by atoms with Gasteiger partial charge in [0.1, 0.15) is 23.9 Å². The number of aliphatic carboxylic acids is 1. The first-order valence-electron chi connectivity index (χ1n) is 11.5. The molecular formula is C29H32O6. The molecular weight excluding hydrogens is 444 g/mol. The average molecular weight is 477 g/mol. The van der Waals surface area contributed by atoms with Crippen molar-refractivity contribution in [2.24, 2.45) is 0 Å². The minimum atomic E-state index is -0.956. The molecule has 0 heterocycles. The highest BCUT2D eigenvalue weighted by molar-refractivity contribution is 5.78. The Morgan fingerprint density at radius 2 is 1.57 bits per heavy atom. The summed E-state index contributed by atoms with van der Waals surface area (Å²) in [7, 11) is 3.31. The summed E-state index contributed by atoms with van der Waals surface area (Å²) in [6, 6.07) is 21.4. The van der Waals surface area contributed by atoms with Crippen LogP contribution >= 0.6 is 0 Å². The molecule has 0 saturated heterocycles. The van der Waals surface area contributed by atoms with Crippen LogP contribution in [0.5, 0.6) is 17.2 Å². The predicted molar refractivity (Wildman–Crippen MR) is 137 cm³/mol. The molecule has 3 aromatic rings. The van der Waals surface area contributed by atoms with E-state index in [0.29, 0.717) is 19.6 Å². The Morgan fingerprint density at radius 1 is 0.943 bits per heavy atom. The van der Waals surface area contributed by atoms with Crippen LogP contribution in [0.1, 0.15) is 25.0 Å². The quantitative estimate of drug-likeness (QED) is 0.352. The van der Waals surface area contributed by atoms with Crippen LogP contribution in [0.4, 0.5) is 0 Å². The number of ether oxygens (including phenoxy) is 4. The van der Waals surface area contributed by atoms with Crippen molar-refractivity contribution < 1.29 is 28.8 Å². The van der Waals surface area contributed by atoms with Crippen LogP contribution in [0.25, 0.3) is 16.7 Å². The van der Waals surface area contributed by atoms with E-state index in [1.165, 1.54) is 0 Å². The van der Waals surface area contributed by atoms with E-state index in [1.54, 1.807) is 21.1 Å². The number of carboxylic acid groups (broad SMARTS) is 1. The molecule has 1 atom stereocenters. The van der Waals surface area contributed by atoms with Crippen molar-refractivity contribution in [3.63, 3.8) is 0 Å². The molecule has 3 aromatic carbocycles. The standard InChI is InChI=1S/C29H32O6/c1-5-34-27(29(30)31)19-21-9-15-24(16-10-21)35-18-17-20(2)22-11-13-23(14-12-22)28-25(32-3)7-6-8-26(28)33-4/h6-17,27H,5,18-19H2,1-4H3,(H,30,31)/b20-17+. The maximum absolute atomic E-state index is 11.3. The lowest BCUT2D eigenvalue weighted by atomic mass is 9.99. The summed E-state index contributed by atoms with van der Waals surface area (Å²) >= 11 is 0. The van der Waals surface area contributed by atoms with Crippen LogP contribution in [-0.4, -0.2) is 44.6 Å². The number of methoxy groups -OCH3 is 2. The minimum Gasteiger partial charge on any atom is -0.496 e. The smallest absolute Gasteiger partial charge is 0.333 e. The number of hydrogen-bond donors (Lipinski definition) is 1. The van der Waals surface area contributed by atoms with E-state index in [4.69, 9.17) is 18.9 Å². The molecule has 184 valence electrons. The third-order valence-electron chi connectivity index (χ3n) is 5.68. The molecule has 6 heteroatoms. The van der Waals surface area contributed by atoms with Gasteiger partial charge in [-0.05, 0) is 66.5 Å². The molecule has 0 aromatic heterocycles. The van der Waals surface area contributed by atoms with Crippen molar-refractivity contribution >= 4 is 11.5 Å². The van der Waals surface area contributed by atoms with E-state index in [0.717, 1.165) is 45.1 Å². The van der Waals surface area contributed by atoms with Gasteiger partial charge in [-0.25, -0.2) is 4.79 Å². The molecule has 0 amide bonds. The van der Waals surface area contributed by atoms with Gasteiger partial charge in [-0.1, -0.05) is 42.5 Å². The molecule has 0 fully saturated rings. The Hall–Kier alpha value is -3.77. The second-order valence-electron chi connectivity index (χ2n) is 7.94. The first-order valence-corrected chi connectivity index (χ1v) is 11.5. The molecule has 0 aliphatic heterocycles. The Balaban J connectivity index is 1.62. The number of carboxylic acids is 1. The SMILES string of the molecule is CCOC(Cc1ccc(OC/C=C(\C)c2ccc(-c3c(OC)cccc3OC)cc2)cc1)C(=O)O. The van der Waals surface area contributed by atoms with E-state index < -0.39 is 12.1 Å². The molecule has 0 radical (unpaired) electrons. The van der Waals surface area contributed by atoms with Crippen molar-refractivity contribution in [1.29, 1.82) is 0 Å². The number of benzene rings is 3. The monoisotopic (exact) mass is 476 g/mol. The van der Waals surface area contributed by atoms with Gasteiger partial charge in [-0.3, -0.25) is 0 Å². The lowest BCUT2D eigenvalue weighted by Crippen LogP contribution is -2.26. The van der Waals surface area contributed by atoms with Gasteiger partial charge in [-0.2, -0.15) is 0 Å². The molecule has 1 unspecified atom stereocenters. The molecule has 1 N–H and O–H groups in total. The zero-order chi connectivity index (χ0) is 25.2. The van der Waals surface area contributed by atoms with Gasteiger partial charge in [0, 0.05) is 13.0 Å². The summed E-state index contributed by atoms with van der Waals surface area (Å²) in [6.45, 7) is 4.62. The van der Waals surface area contributed by atoms with Crippen LogP contribution in [0.3, 0.4) is 0 Å². The summed E-state index contributed by atoms with van der Waals surface area (Å²) in [6.07, 6.45) is 1.51. The Morgan fingerprint density at radius 3 is 2.11 bits per heavy atom. The fourth-order valence-corrected chi connectivity index (χ4v) is 3.77. The summed E-state index contributed by atoms with van der Waals surface area (Å²) in [5.74, 6) is 1.29. The highest BCUT2D eigenvalue weighted by Gasteiger charge is 2.17. The van der Waals surface area contributed by atoms with Gasteiger partial charge in [0.05, 0.1) is 19.8 Å².